The summed E-state index contributed by atoms with van der Waals surface area (Å²) in [6.45, 7) is 6.42. The van der Waals surface area contributed by atoms with Crippen LogP contribution < -0.4 is 5.32 Å². The summed E-state index contributed by atoms with van der Waals surface area (Å²) in [5, 5.41) is 23.1. The maximum atomic E-state index is 12.4. The van der Waals surface area contributed by atoms with Gasteiger partial charge in [0.15, 0.2) is 10.8 Å². The van der Waals surface area contributed by atoms with Crippen LogP contribution in [0.3, 0.4) is 0 Å². The van der Waals surface area contributed by atoms with Crippen LogP contribution in [0.25, 0.3) is 15.9 Å². The van der Waals surface area contributed by atoms with Crippen molar-refractivity contribution >= 4 is 61.3 Å². The van der Waals surface area contributed by atoms with Gasteiger partial charge in [0.25, 0.3) is 0 Å². The quantitative estimate of drug-likeness (QED) is 0.420. The second-order valence-corrected chi connectivity index (χ2v) is 10.8. The average molecular weight is 474 g/mol. The van der Waals surface area contributed by atoms with Crippen LogP contribution in [0.15, 0.2) is 5.16 Å². The first-order valence-electron chi connectivity index (χ1n) is 10.5. The van der Waals surface area contributed by atoms with Gasteiger partial charge < -0.3 is 0 Å². The Labute approximate surface area is 191 Å². The predicted molar refractivity (Wildman–Crippen MR) is 125 cm³/mol. The molecule has 5 rings (SSSR count). The van der Waals surface area contributed by atoms with E-state index in [-0.39, 0.29) is 11.7 Å². The van der Waals surface area contributed by atoms with E-state index in [0.29, 0.717) is 16.2 Å². The number of anilines is 1. The van der Waals surface area contributed by atoms with Crippen molar-refractivity contribution in [2.45, 2.75) is 58.0 Å². The molecule has 1 atom stereocenters. The van der Waals surface area contributed by atoms with E-state index in [1.165, 1.54) is 40.0 Å². The van der Waals surface area contributed by atoms with E-state index in [1.807, 2.05) is 11.3 Å². The standard InChI is InChI=1S/C20H23N7OS3/c1-4-13-21-18-16(11-7-6-10(3)8-12(11)30-18)17-24-26-20(27(13)17)29-9-14(28)22-19-25-23-15(5-2)31-19/h10H,4-9H2,1-3H3,(H,22,25,28)/t10-/m1/s1. The molecule has 4 aromatic heterocycles. The van der Waals surface area contributed by atoms with Gasteiger partial charge in [-0.1, -0.05) is 43.9 Å². The first kappa shape index (κ1) is 20.8. The smallest absolute Gasteiger partial charge is 0.236 e. The molecule has 0 fully saturated rings. The Morgan fingerprint density at radius 1 is 1.19 bits per heavy atom. The van der Waals surface area contributed by atoms with E-state index in [1.54, 1.807) is 11.3 Å². The Balaban J connectivity index is 1.44. The number of aromatic nitrogens is 6. The number of nitrogens with one attached hydrogen (secondary N) is 1. The van der Waals surface area contributed by atoms with Gasteiger partial charge in [0.2, 0.25) is 11.0 Å². The first-order chi connectivity index (χ1) is 15.1. The third-order valence-electron chi connectivity index (χ3n) is 5.50. The number of nitrogens with zero attached hydrogens (tertiary/aromatic N) is 6. The fraction of sp³-hybridized carbons (Fsp3) is 0.500. The second kappa shape index (κ2) is 8.44. The highest BCUT2D eigenvalue weighted by atomic mass is 32.2. The molecule has 1 amide bonds. The van der Waals surface area contributed by atoms with Gasteiger partial charge in [-0.25, -0.2) is 4.98 Å². The zero-order valence-corrected chi connectivity index (χ0v) is 20.1. The van der Waals surface area contributed by atoms with Gasteiger partial charge >= 0.3 is 0 Å². The fourth-order valence-corrected chi connectivity index (χ4v) is 6.78. The molecule has 0 spiro atoms. The van der Waals surface area contributed by atoms with Crippen molar-refractivity contribution in [1.82, 2.24) is 29.8 Å². The monoisotopic (exact) mass is 473 g/mol. The maximum Gasteiger partial charge on any atom is 0.236 e. The number of carbonyl (C=O) groups is 1. The Morgan fingerprint density at radius 3 is 2.84 bits per heavy atom. The fourth-order valence-electron chi connectivity index (χ4n) is 3.94. The third-order valence-corrected chi connectivity index (χ3v) is 8.56. The van der Waals surface area contributed by atoms with Gasteiger partial charge in [-0.3, -0.25) is 14.5 Å². The summed E-state index contributed by atoms with van der Waals surface area (Å²) in [6.07, 6.45) is 4.96. The number of fused-ring (bicyclic) bond motifs is 5. The van der Waals surface area contributed by atoms with E-state index in [2.05, 4.69) is 39.6 Å². The van der Waals surface area contributed by atoms with Crippen LogP contribution in [0.1, 0.15) is 48.5 Å². The van der Waals surface area contributed by atoms with Crippen LogP contribution in [-0.2, 0) is 30.5 Å². The van der Waals surface area contributed by atoms with Crippen LogP contribution in [0.5, 0.6) is 0 Å². The number of amides is 1. The van der Waals surface area contributed by atoms with Crippen LogP contribution in [0.4, 0.5) is 5.13 Å². The van der Waals surface area contributed by atoms with Gasteiger partial charge in [0.1, 0.15) is 15.7 Å². The van der Waals surface area contributed by atoms with E-state index in [4.69, 9.17) is 4.98 Å². The highest BCUT2D eigenvalue weighted by molar-refractivity contribution is 7.99. The molecule has 11 heteroatoms. The molecule has 0 radical (unpaired) electrons. The van der Waals surface area contributed by atoms with Crippen molar-refractivity contribution in [3.8, 4) is 0 Å². The highest BCUT2D eigenvalue weighted by Crippen LogP contribution is 2.39. The molecule has 8 nitrogen and oxygen atoms in total. The van der Waals surface area contributed by atoms with Crippen LogP contribution >= 0.6 is 34.4 Å². The number of hydrogen-bond acceptors (Lipinski definition) is 9. The first-order valence-corrected chi connectivity index (χ1v) is 13.1. The van der Waals surface area contributed by atoms with Gasteiger partial charge in [-0.15, -0.1) is 31.7 Å². The van der Waals surface area contributed by atoms with Crippen molar-refractivity contribution in [1.29, 1.82) is 0 Å². The van der Waals surface area contributed by atoms with E-state index >= 15 is 0 Å². The van der Waals surface area contributed by atoms with Crippen molar-refractivity contribution in [2.75, 3.05) is 11.1 Å². The molecule has 31 heavy (non-hydrogen) atoms. The summed E-state index contributed by atoms with van der Waals surface area (Å²) in [4.78, 5) is 19.9. The molecule has 162 valence electrons. The maximum absolute atomic E-state index is 12.4. The number of carbonyl (C=O) groups excluding carboxylic acids is 1. The van der Waals surface area contributed by atoms with Gasteiger partial charge in [0.05, 0.1) is 11.1 Å². The molecular formula is C20H23N7OS3. The summed E-state index contributed by atoms with van der Waals surface area (Å²) < 4.78 is 2.03. The molecule has 4 heterocycles. The summed E-state index contributed by atoms with van der Waals surface area (Å²) in [6, 6.07) is 0. The SMILES string of the molecule is CCc1nnc(NC(=O)CSc2nnc3c4c5c(sc4nc(CC)n23)C[C@H](C)CC5)s1. The highest BCUT2D eigenvalue weighted by Gasteiger charge is 2.25. The van der Waals surface area contributed by atoms with Crippen molar-refractivity contribution in [2.24, 2.45) is 5.92 Å². The number of thiophene rings is 1. The number of hydrogen-bond donors (Lipinski definition) is 1. The van der Waals surface area contributed by atoms with Crippen molar-refractivity contribution < 1.29 is 4.79 Å². The summed E-state index contributed by atoms with van der Waals surface area (Å²) in [5.74, 6) is 1.74. The van der Waals surface area contributed by atoms with Gasteiger partial charge in [0, 0.05) is 11.3 Å². The zero-order valence-electron chi connectivity index (χ0n) is 17.6. The normalized spacial score (nSPS) is 16.2. The van der Waals surface area contributed by atoms with Crippen LogP contribution in [0, 0.1) is 5.92 Å². The molecule has 1 aliphatic carbocycles. The molecular weight excluding hydrogens is 450 g/mol. The lowest BCUT2D eigenvalue weighted by Crippen LogP contribution is -2.14. The molecule has 0 saturated carbocycles. The summed E-state index contributed by atoms with van der Waals surface area (Å²) in [5.41, 5.74) is 2.26. The molecule has 1 aliphatic rings. The Bertz CT molecular complexity index is 1280. The molecule has 0 saturated heterocycles. The Hall–Kier alpha value is -2.11. The largest absolute Gasteiger partial charge is 0.300 e. The summed E-state index contributed by atoms with van der Waals surface area (Å²) >= 11 is 4.58. The Kier molecular flexibility index (Phi) is 5.65. The van der Waals surface area contributed by atoms with Gasteiger partial charge in [-0.2, -0.15) is 0 Å². The minimum atomic E-state index is -0.130. The van der Waals surface area contributed by atoms with E-state index in [0.717, 1.165) is 52.4 Å². The minimum absolute atomic E-state index is 0.130. The van der Waals surface area contributed by atoms with E-state index < -0.39 is 0 Å². The minimum Gasteiger partial charge on any atom is -0.300 e. The van der Waals surface area contributed by atoms with Crippen molar-refractivity contribution in [3.63, 3.8) is 0 Å². The average Bonchev–Trinajstić information content (AvgIpc) is 3.47. The lowest BCUT2D eigenvalue weighted by Gasteiger charge is -2.17. The molecule has 4 aromatic rings. The number of aryl methyl sites for hydroxylation is 3. The Morgan fingerprint density at radius 2 is 2.06 bits per heavy atom. The molecule has 1 N–H and O–H groups in total. The van der Waals surface area contributed by atoms with E-state index in [9.17, 15) is 4.79 Å². The molecule has 0 aromatic carbocycles. The third kappa shape index (κ3) is 3.83. The number of rotatable bonds is 6. The predicted octanol–water partition coefficient (Wildman–Crippen LogP) is 4.17. The topological polar surface area (TPSA) is 98.0 Å². The molecule has 0 aliphatic heterocycles. The van der Waals surface area contributed by atoms with Crippen LogP contribution in [-0.4, -0.2) is 41.4 Å². The second-order valence-electron chi connectivity index (χ2n) is 7.75. The molecule has 0 bridgehead atoms. The lowest BCUT2D eigenvalue weighted by molar-refractivity contribution is -0.113. The molecule has 0 unspecified atom stereocenters. The van der Waals surface area contributed by atoms with Crippen LogP contribution in [0.2, 0.25) is 0 Å². The number of thioether (sulfide) groups is 1. The van der Waals surface area contributed by atoms with Crippen molar-refractivity contribution in [3.05, 3.63) is 21.3 Å². The lowest BCUT2D eigenvalue weighted by atomic mass is 9.89. The van der Waals surface area contributed by atoms with Gasteiger partial charge in [-0.05, 0) is 37.2 Å². The zero-order chi connectivity index (χ0) is 21.5. The summed E-state index contributed by atoms with van der Waals surface area (Å²) in [7, 11) is 0.